The van der Waals surface area contributed by atoms with E-state index in [4.69, 9.17) is 10.5 Å². The molecule has 0 aliphatic rings. The maximum absolute atomic E-state index is 6.08. The molecular formula is C17H18N4O. The van der Waals surface area contributed by atoms with Gasteiger partial charge in [-0.1, -0.05) is 42.5 Å². The van der Waals surface area contributed by atoms with Crippen LogP contribution < -0.4 is 10.5 Å². The molecule has 112 valence electrons. The van der Waals surface area contributed by atoms with E-state index in [-0.39, 0.29) is 6.04 Å². The first-order valence-electron chi connectivity index (χ1n) is 7.18. The molecule has 0 amide bonds. The van der Waals surface area contributed by atoms with Crippen molar-refractivity contribution >= 4 is 0 Å². The van der Waals surface area contributed by atoms with Crippen LogP contribution in [0, 0.1) is 0 Å². The topological polar surface area (TPSA) is 76.8 Å². The number of nitrogens with one attached hydrogen (secondary N) is 1. The number of ether oxygens (including phenoxy) is 1. The molecular weight excluding hydrogens is 276 g/mol. The van der Waals surface area contributed by atoms with Crippen LogP contribution in [0.1, 0.15) is 23.0 Å². The summed E-state index contributed by atoms with van der Waals surface area (Å²) in [6.45, 7) is 0.567. The summed E-state index contributed by atoms with van der Waals surface area (Å²) in [5.74, 6) is 1.55. The summed E-state index contributed by atoms with van der Waals surface area (Å²) in [4.78, 5) is 4.08. The summed E-state index contributed by atoms with van der Waals surface area (Å²) in [6.07, 6.45) is 2.17. The maximum atomic E-state index is 6.08. The Labute approximate surface area is 129 Å². The third kappa shape index (κ3) is 3.71. The molecule has 1 aromatic heterocycles. The predicted molar refractivity (Wildman–Crippen MR) is 84.2 cm³/mol. The van der Waals surface area contributed by atoms with Crippen molar-refractivity contribution in [3.8, 4) is 5.75 Å². The van der Waals surface area contributed by atoms with Gasteiger partial charge in [0.15, 0.2) is 0 Å². The SMILES string of the molecule is NC(Cc1ccc(OCc2ccccc2)cc1)c1ncn[nH]1. The number of aromatic amines is 1. The summed E-state index contributed by atoms with van der Waals surface area (Å²) in [5.41, 5.74) is 8.37. The first kappa shape index (κ1) is 14.3. The molecule has 3 N–H and O–H groups in total. The predicted octanol–water partition coefficient (Wildman–Crippen LogP) is 2.63. The minimum atomic E-state index is -0.182. The number of rotatable bonds is 6. The van der Waals surface area contributed by atoms with E-state index in [1.54, 1.807) is 0 Å². The number of nitrogens with two attached hydrogens (primary N) is 1. The van der Waals surface area contributed by atoms with Gasteiger partial charge < -0.3 is 10.5 Å². The second-order valence-corrected chi connectivity index (χ2v) is 5.10. The fourth-order valence-electron chi connectivity index (χ4n) is 2.21. The Morgan fingerprint density at radius 3 is 2.45 bits per heavy atom. The summed E-state index contributed by atoms with van der Waals surface area (Å²) in [6, 6.07) is 17.9. The number of benzene rings is 2. The molecule has 2 aromatic carbocycles. The molecule has 22 heavy (non-hydrogen) atoms. The van der Waals surface area contributed by atoms with E-state index in [2.05, 4.69) is 15.2 Å². The quantitative estimate of drug-likeness (QED) is 0.732. The molecule has 1 heterocycles. The molecule has 1 atom stereocenters. The molecule has 0 saturated heterocycles. The summed E-state index contributed by atoms with van der Waals surface area (Å²) >= 11 is 0. The van der Waals surface area contributed by atoms with Crippen molar-refractivity contribution in [2.24, 2.45) is 5.73 Å². The van der Waals surface area contributed by atoms with Crippen molar-refractivity contribution < 1.29 is 4.74 Å². The van der Waals surface area contributed by atoms with Crippen LogP contribution in [-0.2, 0) is 13.0 Å². The van der Waals surface area contributed by atoms with Crippen LogP contribution in [0.3, 0.4) is 0 Å². The van der Waals surface area contributed by atoms with Crippen LogP contribution in [0.5, 0.6) is 5.75 Å². The number of nitrogens with zero attached hydrogens (tertiary/aromatic N) is 2. The Morgan fingerprint density at radius 1 is 1.00 bits per heavy atom. The Balaban J connectivity index is 1.56. The number of H-pyrrole nitrogens is 1. The third-order valence-corrected chi connectivity index (χ3v) is 3.41. The monoisotopic (exact) mass is 294 g/mol. The van der Waals surface area contributed by atoms with Crippen molar-refractivity contribution in [3.05, 3.63) is 77.9 Å². The Morgan fingerprint density at radius 2 is 1.77 bits per heavy atom. The van der Waals surface area contributed by atoms with E-state index in [1.165, 1.54) is 6.33 Å². The molecule has 1 unspecified atom stereocenters. The molecule has 3 rings (SSSR count). The summed E-state index contributed by atoms with van der Waals surface area (Å²) < 4.78 is 5.76. The number of hydrogen-bond acceptors (Lipinski definition) is 4. The first-order valence-corrected chi connectivity index (χ1v) is 7.18. The molecule has 0 saturated carbocycles. The fourth-order valence-corrected chi connectivity index (χ4v) is 2.21. The average molecular weight is 294 g/mol. The Kier molecular flexibility index (Phi) is 4.46. The van der Waals surface area contributed by atoms with Crippen molar-refractivity contribution in [2.45, 2.75) is 19.1 Å². The summed E-state index contributed by atoms with van der Waals surface area (Å²) in [7, 11) is 0. The molecule has 3 aromatic rings. The average Bonchev–Trinajstić information content (AvgIpc) is 3.10. The van der Waals surface area contributed by atoms with Gasteiger partial charge in [-0.25, -0.2) is 4.98 Å². The largest absolute Gasteiger partial charge is 0.489 e. The zero-order chi connectivity index (χ0) is 15.2. The van der Waals surface area contributed by atoms with Gasteiger partial charge >= 0.3 is 0 Å². The van der Waals surface area contributed by atoms with Gasteiger partial charge in [-0.15, -0.1) is 0 Å². The smallest absolute Gasteiger partial charge is 0.141 e. The Bertz CT molecular complexity index is 680. The van der Waals surface area contributed by atoms with Gasteiger partial charge in [0, 0.05) is 0 Å². The minimum Gasteiger partial charge on any atom is -0.489 e. The van der Waals surface area contributed by atoms with Crippen LogP contribution in [-0.4, -0.2) is 15.2 Å². The number of aromatic nitrogens is 3. The number of hydrogen-bond donors (Lipinski definition) is 2. The molecule has 0 aliphatic heterocycles. The highest BCUT2D eigenvalue weighted by Gasteiger charge is 2.09. The molecule has 0 spiro atoms. The van der Waals surface area contributed by atoms with Crippen molar-refractivity contribution in [1.29, 1.82) is 0 Å². The molecule has 0 aliphatic carbocycles. The van der Waals surface area contributed by atoms with Crippen LogP contribution in [0.4, 0.5) is 0 Å². The van der Waals surface area contributed by atoms with Gasteiger partial charge in [0.25, 0.3) is 0 Å². The normalized spacial score (nSPS) is 12.0. The van der Waals surface area contributed by atoms with E-state index in [0.717, 1.165) is 16.9 Å². The maximum Gasteiger partial charge on any atom is 0.141 e. The van der Waals surface area contributed by atoms with E-state index in [1.807, 2.05) is 54.6 Å². The second kappa shape index (κ2) is 6.87. The fraction of sp³-hybridized carbons (Fsp3) is 0.176. The lowest BCUT2D eigenvalue weighted by atomic mass is 10.1. The lowest BCUT2D eigenvalue weighted by Gasteiger charge is -2.10. The van der Waals surface area contributed by atoms with Crippen LogP contribution >= 0.6 is 0 Å². The second-order valence-electron chi connectivity index (χ2n) is 5.10. The Hall–Kier alpha value is -2.66. The van der Waals surface area contributed by atoms with Gasteiger partial charge in [0.1, 0.15) is 24.5 Å². The van der Waals surface area contributed by atoms with Gasteiger partial charge in [-0.05, 0) is 29.7 Å². The van der Waals surface area contributed by atoms with Crippen molar-refractivity contribution in [3.63, 3.8) is 0 Å². The van der Waals surface area contributed by atoms with Crippen LogP contribution in [0.2, 0.25) is 0 Å². The van der Waals surface area contributed by atoms with Gasteiger partial charge in [-0.3, -0.25) is 5.10 Å². The molecule has 0 fully saturated rings. The highest BCUT2D eigenvalue weighted by molar-refractivity contribution is 5.28. The summed E-state index contributed by atoms with van der Waals surface area (Å²) in [5, 5.41) is 6.61. The third-order valence-electron chi connectivity index (χ3n) is 3.41. The lowest BCUT2D eigenvalue weighted by molar-refractivity contribution is 0.306. The lowest BCUT2D eigenvalue weighted by Crippen LogP contribution is -2.15. The van der Waals surface area contributed by atoms with E-state index in [0.29, 0.717) is 18.9 Å². The van der Waals surface area contributed by atoms with E-state index >= 15 is 0 Å². The minimum absolute atomic E-state index is 0.182. The van der Waals surface area contributed by atoms with E-state index < -0.39 is 0 Å². The van der Waals surface area contributed by atoms with Gasteiger partial charge in [0.2, 0.25) is 0 Å². The molecule has 5 heteroatoms. The molecule has 0 bridgehead atoms. The van der Waals surface area contributed by atoms with Crippen molar-refractivity contribution in [2.75, 3.05) is 0 Å². The van der Waals surface area contributed by atoms with Gasteiger partial charge in [-0.2, -0.15) is 5.10 Å². The molecule has 0 radical (unpaired) electrons. The van der Waals surface area contributed by atoms with Gasteiger partial charge in [0.05, 0.1) is 6.04 Å². The molecule has 5 nitrogen and oxygen atoms in total. The zero-order valence-electron chi connectivity index (χ0n) is 12.1. The highest BCUT2D eigenvalue weighted by atomic mass is 16.5. The van der Waals surface area contributed by atoms with E-state index in [9.17, 15) is 0 Å². The van der Waals surface area contributed by atoms with Crippen LogP contribution in [0.25, 0.3) is 0 Å². The highest BCUT2D eigenvalue weighted by Crippen LogP contribution is 2.17. The van der Waals surface area contributed by atoms with Crippen LogP contribution in [0.15, 0.2) is 60.9 Å². The van der Waals surface area contributed by atoms with Crippen molar-refractivity contribution in [1.82, 2.24) is 15.2 Å². The standard InChI is InChI=1S/C17H18N4O/c18-16(17-19-12-20-21-17)10-13-6-8-15(9-7-13)22-11-14-4-2-1-3-5-14/h1-9,12,16H,10-11,18H2,(H,19,20,21). The zero-order valence-corrected chi connectivity index (χ0v) is 12.1. The first-order chi connectivity index (χ1) is 10.8.